The van der Waals surface area contributed by atoms with Crippen molar-refractivity contribution in [1.29, 1.82) is 0 Å². The third kappa shape index (κ3) is 3.72. The van der Waals surface area contributed by atoms with Crippen LogP contribution in [0.3, 0.4) is 0 Å². The van der Waals surface area contributed by atoms with E-state index in [0.717, 1.165) is 6.54 Å². The Morgan fingerprint density at radius 1 is 1.41 bits per heavy atom. The highest BCUT2D eigenvalue weighted by Crippen LogP contribution is 2.26. The highest BCUT2D eigenvalue weighted by molar-refractivity contribution is 5.89. The first-order valence-corrected chi connectivity index (χ1v) is 6.30. The van der Waals surface area contributed by atoms with E-state index in [2.05, 4.69) is 33.0 Å². The molecule has 0 radical (unpaired) electrons. The van der Waals surface area contributed by atoms with Crippen LogP contribution in [0.1, 0.15) is 41.0 Å². The quantitative estimate of drug-likeness (QED) is 0.793. The highest BCUT2D eigenvalue weighted by atomic mass is 16.2. The molecule has 1 aliphatic heterocycles. The summed E-state index contributed by atoms with van der Waals surface area (Å²) >= 11 is 0. The summed E-state index contributed by atoms with van der Waals surface area (Å²) in [5.41, 5.74) is 0.174. The van der Waals surface area contributed by atoms with Crippen molar-refractivity contribution in [3.63, 3.8) is 0 Å². The molecule has 1 rings (SSSR count). The number of amides is 2. The normalized spacial score (nSPS) is 24.3. The van der Waals surface area contributed by atoms with Crippen LogP contribution in [-0.4, -0.2) is 35.8 Å². The molecule has 0 saturated carbocycles. The largest absolute Gasteiger partial charge is 0.345 e. The molecule has 0 aromatic rings. The summed E-state index contributed by atoms with van der Waals surface area (Å²) < 4.78 is 0. The minimum Gasteiger partial charge on any atom is -0.345 e. The fourth-order valence-electron chi connectivity index (χ4n) is 1.78. The topological polar surface area (TPSA) is 49.4 Å². The van der Waals surface area contributed by atoms with Gasteiger partial charge in [-0.05, 0) is 18.3 Å². The molecule has 98 valence electrons. The van der Waals surface area contributed by atoms with Gasteiger partial charge in [0.1, 0.15) is 6.04 Å². The lowest BCUT2D eigenvalue weighted by atomic mass is 9.82. The van der Waals surface area contributed by atoms with Crippen LogP contribution in [0.15, 0.2) is 0 Å². The van der Waals surface area contributed by atoms with E-state index in [4.69, 9.17) is 0 Å². The molecule has 1 saturated heterocycles. The molecule has 1 heterocycles. The van der Waals surface area contributed by atoms with Gasteiger partial charge >= 0.3 is 0 Å². The van der Waals surface area contributed by atoms with Crippen molar-refractivity contribution in [1.82, 2.24) is 10.2 Å². The third-order valence-corrected chi connectivity index (χ3v) is 3.64. The maximum absolute atomic E-state index is 12.1. The van der Waals surface area contributed by atoms with Crippen molar-refractivity contribution in [2.45, 2.75) is 47.1 Å². The minimum absolute atomic E-state index is 0.0308. The lowest BCUT2D eigenvalue weighted by Gasteiger charge is -2.33. The van der Waals surface area contributed by atoms with Crippen molar-refractivity contribution in [2.75, 3.05) is 13.1 Å². The maximum Gasteiger partial charge on any atom is 0.244 e. The van der Waals surface area contributed by atoms with Crippen LogP contribution in [0.5, 0.6) is 0 Å². The van der Waals surface area contributed by atoms with Gasteiger partial charge < -0.3 is 10.2 Å². The molecule has 4 heteroatoms. The van der Waals surface area contributed by atoms with Gasteiger partial charge in [-0.2, -0.15) is 0 Å². The molecule has 0 aromatic heterocycles. The second kappa shape index (κ2) is 5.07. The molecule has 0 aromatic carbocycles. The number of nitrogens with one attached hydrogen (secondary N) is 1. The standard InChI is InChI=1S/C13H24N2O2/c1-9(13(3,4)5)8-15-7-6-11(16)14-10(2)12(15)17/h9-10H,6-8H2,1-5H3,(H,14,16). The fourth-order valence-corrected chi connectivity index (χ4v) is 1.78. The zero-order valence-corrected chi connectivity index (χ0v) is 11.5. The predicted octanol–water partition coefficient (Wildman–Crippen LogP) is 1.41. The number of carbonyl (C=O) groups excluding carboxylic acids is 2. The van der Waals surface area contributed by atoms with Crippen LogP contribution >= 0.6 is 0 Å². The molecule has 2 atom stereocenters. The Morgan fingerprint density at radius 2 is 2.00 bits per heavy atom. The Kier molecular flexibility index (Phi) is 4.17. The third-order valence-electron chi connectivity index (χ3n) is 3.64. The van der Waals surface area contributed by atoms with Crippen LogP contribution in [0.4, 0.5) is 0 Å². The van der Waals surface area contributed by atoms with E-state index >= 15 is 0 Å². The molecule has 2 unspecified atom stereocenters. The summed E-state index contributed by atoms with van der Waals surface area (Å²) in [6.07, 6.45) is 0.410. The SMILES string of the molecule is CC1NC(=O)CCN(CC(C)C(C)(C)C)C1=O. The Labute approximate surface area is 104 Å². The summed E-state index contributed by atoms with van der Waals surface area (Å²) in [4.78, 5) is 25.3. The average molecular weight is 240 g/mol. The predicted molar refractivity (Wildman–Crippen MR) is 67.4 cm³/mol. The molecule has 2 amide bonds. The molecule has 0 spiro atoms. The Bertz CT molecular complexity index is 307. The average Bonchev–Trinajstić information content (AvgIpc) is 2.30. The summed E-state index contributed by atoms with van der Waals surface area (Å²) in [6, 6.07) is -0.392. The van der Waals surface area contributed by atoms with Crippen molar-refractivity contribution in [2.24, 2.45) is 11.3 Å². The Balaban J connectivity index is 2.69. The lowest BCUT2D eigenvalue weighted by molar-refractivity contribution is -0.133. The van der Waals surface area contributed by atoms with Gasteiger partial charge in [-0.3, -0.25) is 9.59 Å². The van der Waals surface area contributed by atoms with E-state index in [1.54, 1.807) is 6.92 Å². The number of nitrogens with zero attached hydrogens (tertiary/aromatic N) is 1. The molecule has 17 heavy (non-hydrogen) atoms. The summed E-state index contributed by atoms with van der Waals surface area (Å²) in [6.45, 7) is 11.7. The summed E-state index contributed by atoms with van der Waals surface area (Å²) in [5, 5.41) is 2.70. The monoisotopic (exact) mass is 240 g/mol. The van der Waals surface area contributed by atoms with Crippen molar-refractivity contribution < 1.29 is 9.59 Å². The zero-order valence-electron chi connectivity index (χ0n) is 11.5. The second-order valence-corrected chi connectivity index (χ2v) is 6.09. The van der Waals surface area contributed by atoms with Crippen LogP contribution in [0.2, 0.25) is 0 Å². The number of hydrogen-bond acceptors (Lipinski definition) is 2. The Hall–Kier alpha value is -1.06. The molecule has 0 bridgehead atoms. The lowest BCUT2D eigenvalue weighted by Crippen LogP contribution is -2.45. The molecule has 1 N–H and O–H groups in total. The van der Waals surface area contributed by atoms with Crippen LogP contribution in [-0.2, 0) is 9.59 Å². The van der Waals surface area contributed by atoms with Crippen LogP contribution in [0, 0.1) is 11.3 Å². The molecule has 1 fully saturated rings. The molecule has 0 aliphatic carbocycles. The first-order chi connectivity index (χ1) is 7.71. The van der Waals surface area contributed by atoms with E-state index < -0.39 is 6.04 Å². The molecule has 4 nitrogen and oxygen atoms in total. The van der Waals surface area contributed by atoms with E-state index in [9.17, 15) is 9.59 Å². The number of carbonyl (C=O) groups is 2. The van der Waals surface area contributed by atoms with Gasteiger partial charge in [-0.25, -0.2) is 0 Å². The Morgan fingerprint density at radius 3 is 2.53 bits per heavy atom. The van der Waals surface area contributed by atoms with Crippen molar-refractivity contribution in [3.8, 4) is 0 Å². The molecule has 1 aliphatic rings. The van der Waals surface area contributed by atoms with Gasteiger partial charge in [0.15, 0.2) is 0 Å². The summed E-state index contributed by atoms with van der Waals surface area (Å²) in [5.74, 6) is 0.413. The molecular formula is C13H24N2O2. The first kappa shape index (κ1) is 14.0. The van der Waals surface area contributed by atoms with Gasteiger partial charge in [0, 0.05) is 19.5 Å². The smallest absolute Gasteiger partial charge is 0.244 e. The van der Waals surface area contributed by atoms with Crippen LogP contribution < -0.4 is 5.32 Å². The van der Waals surface area contributed by atoms with Crippen molar-refractivity contribution >= 4 is 11.8 Å². The number of rotatable bonds is 2. The van der Waals surface area contributed by atoms with Crippen molar-refractivity contribution in [3.05, 3.63) is 0 Å². The highest BCUT2D eigenvalue weighted by Gasteiger charge is 2.30. The van der Waals surface area contributed by atoms with E-state index in [1.165, 1.54) is 0 Å². The van der Waals surface area contributed by atoms with E-state index in [1.807, 2.05) is 4.90 Å². The van der Waals surface area contributed by atoms with E-state index in [0.29, 0.717) is 18.9 Å². The van der Waals surface area contributed by atoms with Gasteiger partial charge in [0.2, 0.25) is 11.8 Å². The van der Waals surface area contributed by atoms with Gasteiger partial charge in [0.05, 0.1) is 0 Å². The second-order valence-electron chi connectivity index (χ2n) is 6.09. The molecular weight excluding hydrogens is 216 g/mol. The number of hydrogen-bond donors (Lipinski definition) is 1. The first-order valence-electron chi connectivity index (χ1n) is 6.30. The van der Waals surface area contributed by atoms with E-state index in [-0.39, 0.29) is 17.2 Å². The minimum atomic E-state index is -0.392. The van der Waals surface area contributed by atoms with Crippen LogP contribution in [0.25, 0.3) is 0 Å². The van der Waals surface area contributed by atoms with Gasteiger partial charge in [0.25, 0.3) is 0 Å². The van der Waals surface area contributed by atoms with Gasteiger partial charge in [-0.15, -0.1) is 0 Å². The zero-order chi connectivity index (χ0) is 13.2. The fraction of sp³-hybridized carbons (Fsp3) is 0.846. The van der Waals surface area contributed by atoms with Gasteiger partial charge in [-0.1, -0.05) is 27.7 Å². The summed E-state index contributed by atoms with van der Waals surface area (Å²) in [7, 11) is 0. The maximum atomic E-state index is 12.1.